The van der Waals surface area contributed by atoms with Crippen LogP contribution in [-0.2, 0) is 0 Å². The van der Waals surface area contributed by atoms with Crippen LogP contribution < -0.4 is 10.1 Å². The number of ether oxygens (including phenoxy) is 1. The van der Waals surface area contributed by atoms with Crippen LogP contribution in [0.15, 0.2) is 41.1 Å². The smallest absolute Gasteiger partial charge is 0.255 e. The number of likely N-dealkylation sites (tertiary alicyclic amines) is 1. The number of rotatable bonds is 6. The fourth-order valence-corrected chi connectivity index (χ4v) is 6.06. The summed E-state index contributed by atoms with van der Waals surface area (Å²) in [5.41, 5.74) is 2.24. The molecule has 6 rings (SSSR count). The van der Waals surface area contributed by atoms with Gasteiger partial charge in [0, 0.05) is 42.8 Å². The first-order valence-corrected chi connectivity index (χ1v) is 14.0. The third-order valence-corrected chi connectivity index (χ3v) is 8.60. The number of nitrogens with one attached hydrogen (secondary N) is 1. The summed E-state index contributed by atoms with van der Waals surface area (Å²) in [6.45, 7) is 10.7. The van der Waals surface area contributed by atoms with Gasteiger partial charge in [-0.2, -0.15) is 5.10 Å². The second-order valence-corrected chi connectivity index (χ2v) is 12.1. The van der Waals surface area contributed by atoms with Gasteiger partial charge in [-0.25, -0.2) is 4.52 Å². The predicted molar refractivity (Wildman–Crippen MR) is 151 cm³/mol. The Balaban J connectivity index is 1.24. The molecule has 0 radical (unpaired) electrons. The van der Waals surface area contributed by atoms with E-state index < -0.39 is 5.60 Å². The quantitative estimate of drug-likeness (QED) is 0.343. The molecule has 0 spiro atoms. The Morgan fingerprint density at radius 2 is 2.00 bits per heavy atom. The fraction of sp³-hybridized carbons (Fsp3) is 0.452. The molecular formula is C31H36N4O5. The predicted octanol–water partition coefficient (Wildman–Crippen LogP) is 5.25. The van der Waals surface area contributed by atoms with Gasteiger partial charge >= 0.3 is 0 Å². The van der Waals surface area contributed by atoms with E-state index in [0.717, 1.165) is 23.8 Å². The maximum absolute atomic E-state index is 13.3. The largest absolute Gasteiger partial charge is 0.460 e. The third kappa shape index (κ3) is 4.62. The van der Waals surface area contributed by atoms with Crippen LogP contribution in [0.2, 0.25) is 0 Å². The standard InChI is InChI=1S/C31H36N4O5/c1-17(2)20-12-21(13-20)33-29(36)27-19(4)39-26-14-22(6-7-23(26)27)40-25-8-10-32-35-15-24(18(3)28(25)35)30(37)34-11-9-31(5,38)16-34/h6-8,10,14-15,17,20-21,38H,9,11-13,16H2,1-5H3,(H,33,36)/t20?,21?,31-/m1/s1. The number of carbonyl (C=O) groups is 2. The molecule has 0 unspecified atom stereocenters. The Morgan fingerprint density at radius 1 is 1.23 bits per heavy atom. The van der Waals surface area contributed by atoms with Gasteiger partial charge in [0.1, 0.15) is 22.6 Å². The zero-order chi connectivity index (χ0) is 28.3. The molecule has 1 saturated carbocycles. The number of benzene rings is 1. The van der Waals surface area contributed by atoms with Crippen molar-refractivity contribution in [2.75, 3.05) is 13.1 Å². The lowest BCUT2D eigenvalue weighted by atomic mass is 9.73. The number of aryl methyl sites for hydroxylation is 2. The van der Waals surface area contributed by atoms with Crippen molar-refractivity contribution >= 4 is 28.3 Å². The number of carbonyl (C=O) groups excluding carboxylic acids is 2. The summed E-state index contributed by atoms with van der Waals surface area (Å²) < 4.78 is 13.9. The summed E-state index contributed by atoms with van der Waals surface area (Å²) in [4.78, 5) is 28.0. The van der Waals surface area contributed by atoms with E-state index >= 15 is 0 Å². The van der Waals surface area contributed by atoms with Crippen molar-refractivity contribution in [1.82, 2.24) is 19.8 Å². The van der Waals surface area contributed by atoms with E-state index in [0.29, 0.717) is 70.8 Å². The van der Waals surface area contributed by atoms with Crippen LogP contribution in [0.4, 0.5) is 0 Å². The van der Waals surface area contributed by atoms with Crippen molar-refractivity contribution in [2.24, 2.45) is 11.8 Å². The number of hydrogen-bond acceptors (Lipinski definition) is 6. The summed E-state index contributed by atoms with van der Waals surface area (Å²) in [5.74, 6) is 2.73. The summed E-state index contributed by atoms with van der Waals surface area (Å²) in [6, 6.07) is 7.42. The van der Waals surface area contributed by atoms with Gasteiger partial charge in [0.15, 0.2) is 5.75 Å². The minimum Gasteiger partial charge on any atom is -0.460 e. The van der Waals surface area contributed by atoms with Crippen LogP contribution in [0.1, 0.15) is 72.1 Å². The van der Waals surface area contributed by atoms with E-state index in [1.807, 2.05) is 26.0 Å². The van der Waals surface area contributed by atoms with Crippen LogP contribution in [0.3, 0.4) is 0 Å². The van der Waals surface area contributed by atoms with Crippen molar-refractivity contribution in [3.8, 4) is 11.5 Å². The van der Waals surface area contributed by atoms with Crippen molar-refractivity contribution in [2.45, 2.75) is 65.5 Å². The number of hydrogen-bond donors (Lipinski definition) is 2. The van der Waals surface area contributed by atoms with Gasteiger partial charge in [0.05, 0.1) is 22.9 Å². The lowest BCUT2D eigenvalue weighted by Gasteiger charge is -2.38. The Kier molecular flexibility index (Phi) is 6.37. The molecule has 1 aliphatic carbocycles. The van der Waals surface area contributed by atoms with E-state index in [1.54, 1.807) is 40.9 Å². The SMILES string of the molecule is Cc1oc2cc(Oc3ccnn4cc(C(=O)N5CC[C@@](C)(O)C5)c(C)c34)ccc2c1C(=O)NC1CC(C(C)C)C1. The monoisotopic (exact) mass is 544 g/mol. The van der Waals surface area contributed by atoms with Crippen LogP contribution in [0.5, 0.6) is 11.5 Å². The molecule has 0 bridgehead atoms. The van der Waals surface area contributed by atoms with Crippen LogP contribution in [-0.4, -0.2) is 56.2 Å². The zero-order valence-corrected chi connectivity index (χ0v) is 23.7. The maximum Gasteiger partial charge on any atom is 0.255 e. The minimum atomic E-state index is -0.868. The lowest BCUT2D eigenvalue weighted by Crippen LogP contribution is -2.45. The highest BCUT2D eigenvalue weighted by Crippen LogP contribution is 2.36. The first-order valence-electron chi connectivity index (χ1n) is 14.0. The van der Waals surface area contributed by atoms with Gasteiger partial charge in [-0.05, 0) is 69.6 Å². The molecule has 3 aromatic heterocycles. The van der Waals surface area contributed by atoms with Gasteiger partial charge in [0.2, 0.25) is 0 Å². The van der Waals surface area contributed by atoms with E-state index in [2.05, 4.69) is 24.3 Å². The van der Waals surface area contributed by atoms with Crippen LogP contribution in [0.25, 0.3) is 16.5 Å². The normalized spacial score (nSPS) is 22.7. The van der Waals surface area contributed by atoms with Gasteiger partial charge in [-0.3, -0.25) is 9.59 Å². The molecule has 1 aliphatic heterocycles. The highest BCUT2D eigenvalue weighted by molar-refractivity contribution is 6.07. The third-order valence-electron chi connectivity index (χ3n) is 8.60. The first-order chi connectivity index (χ1) is 19.0. The molecule has 1 aromatic carbocycles. The molecule has 2 amide bonds. The molecule has 210 valence electrons. The summed E-state index contributed by atoms with van der Waals surface area (Å²) in [6.07, 6.45) is 5.92. The van der Waals surface area contributed by atoms with Crippen LogP contribution in [0, 0.1) is 25.7 Å². The number of aliphatic hydroxyl groups is 1. The molecule has 4 aromatic rings. The molecular weight excluding hydrogens is 508 g/mol. The number of aromatic nitrogens is 2. The van der Waals surface area contributed by atoms with E-state index in [1.165, 1.54) is 0 Å². The highest BCUT2D eigenvalue weighted by Gasteiger charge is 2.36. The number of amides is 2. The highest BCUT2D eigenvalue weighted by atomic mass is 16.5. The molecule has 4 heterocycles. The number of fused-ring (bicyclic) bond motifs is 2. The second kappa shape index (κ2) is 9.66. The lowest BCUT2D eigenvalue weighted by molar-refractivity contribution is 0.0572. The number of nitrogens with zero attached hydrogens (tertiary/aromatic N) is 3. The molecule has 9 nitrogen and oxygen atoms in total. The molecule has 2 aliphatic rings. The molecule has 40 heavy (non-hydrogen) atoms. The molecule has 1 atom stereocenters. The average Bonchev–Trinajstić information content (AvgIpc) is 3.52. The van der Waals surface area contributed by atoms with Gasteiger partial charge in [-0.1, -0.05) is 13.8 Å². The molecule has 2 N–H and O–H groups in total. The Hall–Kier alpha value is -3.85. The van der Waals surface area contributed by atoms with Crippen molar-refractivity contribution in [3.05, 3.63) is 59.1 Å². The van der Waals surface area contributed by atoms with Gasteiger partial charge < -0.3 is 24.5 Å². The molecule has 1 saturated heterocycles. The molecule has 2 fully saturated rings. The van der Waals surface area contributed by atoms with E-state index in [4.69, 9.17) is 9.15 Å². The summed E-state index contributed by atoms with van der Waals surface area (Å²) in [5, 5.41) is 18.6. The summed E-state index contributed by atoms with van der Waals surface area (Å²) in [7, 11) is 0. The number of furan rings is 1. The van der Waals surface area contributed by atoms with Gasteiger partial charge in [0.25, 0.3) is 11.8 Å². The van der Waals surface area contributed by atoms with Gasteiger partial charge in [-0.15, -0.1) is 0 Å². The van der Waals surface area contributed by atoms with Crippen molar-refractivity contribution < 1.29 is 23.8 Å². The summed E-state index contributed by atoms with van der Waals surface area (Å²) >= 11 is 0. The fourth-order valence-electron chi connectivity index (χ4n) is 6.06. The maximum atomic E-state index is 13.3. The Morgan fingerprint density at radius 3 is 2.70 bits per heavy atom. The number of β-amino-alcohol motifs (C(OH)–C–C–N with tert-alkyl or cyclic N) is 1. The second-order valence-electron chi connectivity index (χ2n) is 12.1. The Labute approximate surface area is 233 Å². The zero-order valence-electron chi connectivity index (χ0n) is 23.7. The van der Waals surface area contributed by atoms with Crippen molar-refractivity contribution in [1.29, 1.82) is 0 Å². The van der Waals surface area contributed by atoms with Crippen LogP contribution >= 0.6 is 0 Å². The minimum absolute atomic E-state index is 0.103. The molecule has 9 heteroatoms. The topological polar surface area (TPSA) is 109 Å². The Bertz CT molecular complexity index is 1630. The van der Waals surface area contributed by atoms with Crippen molar-refractivity contribution in [3.63, 3.8) is 0 Å². The van der Waals surface area contributed by atoms with E-state index in [-0.39, 0.29) is 17.9 Å². The average molecular weight is 545 g/mol. The van der Waals surface area contributed by atoms with E-state index in [9.17, 15) is 14.7 Å². The first kappa shape index (κ1) is 26.4.